The van der Waals surface area contributed by atoms with Crippen molar-refractivity contribution in [2.75, 3.05) is 13.1 Å². The van der Waals surface area contributed by atoms with Crippen LogP contribution in [0.2, 0.25) is 0 Å². The van der Waals surface area contributed by atoms with Crippen LogP contribution in [0.4, 0.5) is 8.78 Å². The highest BCUT2D eigenvalue weighted by Gasteiger charge is 2.20. The Bertz CT molecular complexity index is 675. The molecule has 0 bridgehead atoms. The molecule has 1 aliphatic rings. The van der Waals surface area contributed by atoms with Gasteiger partial charge in [-0.25, -0.2) is 8.78 Å². The molecule has 6 heteroatoms. The molecule has 3 N–H and O–H groups in total. The first-order chi connectivity index (χ1) is 9.56. The van der Waals surface area contributed by atoms with Crippen molar-refractivity contribution in [3.05, 3.63) is 35.0 Å². The summed E-state index contributed by atoms with van der Waals surface area (Å²) in [6.07, 6.45) is 0.869. The van der Waals surface area contributed by atoms with Gasteiger partial charge in [0.2, 0.25) is 0 Å². The Labute approximate surface area is 114 Å². The molecule has 2 heterocycles. The van der Waals surface area contributed by atoms with E-state index in [1.807, 2.05) is 0 Å². The second kappa shape index (κ2) is 4.86. The summed E-state index contributed by atoms with van der Waals surface area (Å²) in [7, 11) is 0. The lowest BCUT2D eigenvalue weighted by atomic mass is 10.1. The molecule has 0 saturated carbocycles. The topological polar surface area (TPSA) is 56.9 Å². The molecule has 1 atom stereocenters. The van der Waals surface area contributed by atoms with Crippen LogP contribution < -0.4 is 10.6 Å². The van der Waals surface area contributed by atoms with Crippen LogP contribution in [0, 0.1) is 18.6 Å². The largest absolute Gasteiger partial charge is 0.348 e. The monoisotopic (exact) mass is 279 g/mol. The predicted octanol–water partition coefficient (Wildman–Crippen LogP) is 1.85. The molecule has 20 heavy (non-hydrogen) atoms. The normalized spacial score (nSPS) is 18.6. The zero-order chi connectivity index (χ0) is 14.3. The summed E-state index contributed by atoms with van der Waals surface area (Å²) in [5, 5.41) is 6.50. The summed E-state index contributed by atoms with van der Waals surface area (Å²) in [5.74, 6) is -2.12. The summed E-state index contributed by atoms with van der Waals surface area (Å²) in [6, 6.07) is 3.15. The summed E-state index contributed by atoms with van der Waals surface area (Å²) in [6.45, 7) is 3.10. The van der Waals surface area contributed by atoms with Crippen molar-refractivity contribution in [2.45, 2.75) is 19.4 Å². The van der Waals surface area contributed by atoms with Gasteiger partial charge in [0.25, 0.3) is 5.91 Å². The molecule has 1 aromatic heterocycles. The molecule has 4 nitrogen and oxygen atoms in total. The molecule has 0 aliphatic carbocycles. The Morgan fingerprint density at radius 3 is 2.85 bits per heavy atom. The summed E-state index contributed by atoms with van der Waals surface area (Å²) in [4.78, 5) is 14.7. The zero-order valence-electron chi connectivity index (χ0n) is 11.0. The Balaban J connectivity index is 1.92. The van der Waals surface area contributed by atoms with Crippen LogP contribution in [0.3, 0.4) is 0 Å². The number of aryl methyl sites for hydroxylation is 1. The van der Waals surface area contributed by atoms with Crippen molar-refractivity contribution in [1.29, 1.82) is 0 Å². The molecule has 1 saturated heterocycles. The Hall–Kier alpha value is -1.95. The van der Waals surface area contributed by atoms with Crippen LogP contribution in [0.25, 0.3) is 10.9 Å². The average Bonchev–Trinajstić information content (AvgIpc) is 3.05. The SMILES string of the molecule is Cc1cc2cc(C(=O)N[C@H]3CCNC3)[nH]c2c(F)c1F. The Kier molecular flexibility index (Phi) is 3.17. The molecule has 1 aliphatic heterocycles. The number of aromatic nitrogens is 1. The van der Waals surface area contributed by atoms with E-state index in [1.54, 1.807) is 6.07 Å². The van der Waals surface area contributed by atoms with E-state index in [0.717, 1.165) is 19.5 Å². The second-order valence-electron chi connectivity index (χ2n) is 5.13. The maximum Gasteiger partial charge on any atom is 0.267 e. The molecular weight excluding hydrogens is 264 g/mol. The number of amides is 1. The van der Waals surface area contributed by atoms with Crippen molar-refractivity contribution >= 4 is 16.8 Å². The second-order valence-corrected chi connectivity index (χ2v) is 5.13. The van der Waals surface area contributed by atoms with Gasteiger partial charge in [-0.2, -0.15) is 0 Å². The van der Waals surface area contributed by atoms with Gasteiger partial charge in [0.1, 0.15) is 5.69 Å². The molecule has 1 amide bonds. The van der Waals surface area contributed by atoms with Gasteiger partial charge in [0.05, 0.1) is 5.52 Å². The van der Waals surface area contributed by atoms with E-state index in [2.05, 4.69) is 15.6 Å². The number of carbonyl (C=O) groups excluding carboxylic acids is 1. The smallest absolute Gasteiger partial charge is 0.267 e. The van der Waals surface area contributed by atoms with E-state index in [-0.39, 0.29) is 28.7 Å². The molecule has 0 spiro atoms. The van der Waals surface area contributed by atoms with Crippen LogP contribution in [0.15, 0.2) is 12.1 Å². The molecule has 1 aromatic carbocycles. The van der Waals surface area contributed by atoms with E-state index in [1.165, 1.54) is 13.0 Å². The quantitative estimate of drug-likeness (QED) is 0.785. The van der Waals surface area contributed by atoms with Crippen LogP contribution in [-0.4, -0.2) is 30.0 Å². The maximum absolute atomic E-state index is 13.8. The zero-order valence-corrected chi connectivity index (χ0v) is 11.0. The minimum atomic E-state index is -0.943. The molecule has 0 unspecified atom stereocenters. The molecular formula is C14H15F2N3O. The lowest BCUT2D eigenvalue weighted by Gasteiger charge is -2.09. The number of nitrogens with one attached hydrogen (secondary N) is 3. The minimum Gasteiger partial charge on any atom is -0.348 e. The van der Waals surface area contributed by atoms with Gasteiger partial charge in [0, 0.05) is 18.0 Å². The Morgan fingerprint density at radius 1 is 1.35 bits per heavy atom. The number of H-pyrrole nitrogens is 1. The summed E-state index contributed by atoms with van der Waals surface area (Å²) < 4.78 is 27.3. The number of aromatic amines is 1. The van der Waals surface area contributed by atoms with E-state index in [0.29, 0.717) is 5.39 Å². The van der Waals surface area contributed by atoms with Crippen LogP contribution in [0.5, 0.6) is 0 Å². The molecule has 3 rings (SSSR count). The van der Waals surface area contributed by atoms with E-state index < -0.39 is 11.6 Å². The standard InChI is InChI=1S/C14H15F2N3O/c1-7-4-8-5-10(19-13(8)12(16)11(7)15)14(20)18-9-2-3-17-6-9/h4-5,9,17,19H,2-3,6H2,1H3,(H,18,20)/t9-/m0/s1. The molecule has 2 aromatic rings. The van der Waals surface area contributed by atoms with Crippen molar-refractivity contribution < 1.29 is 13.6 Å². The van der Waals surface area contributed by atoms with Gasteiger partial charge in [0.15, 0.2) is 11.6 Å². The number of fused-ring (bicyclic) bond motifs is 1. The lowest BCUT2D eigenvalue weighted by molar-refractivity contribution is 0.0936. The third kappa shape index (κ3) is 2.16. The molecule has 106 valence electrons. The maximum atomic E-state index is 13.8. The number of rotatable bonds is 2. The lowest BCUT2D eigenvalue weighted by Crippen LogP contribution is -2.36. The van der Waals surface area contributed by atoms with Gasteiger partial charge in [-0.1, -0.05) is 0 Å². The number of benzene rings is 1. The van der Waals surface area contributed by atoms with Gasteiger partial charge >= 0.3 is 0 Å². The third-order valence-electron chi connectivity index (χ3n) is 3.62. The van der Waals surface area contributed by atoms with Gasteiger partial charge in [-0.3, -0.25) is 4.79 Å². The number of halogens is 2. The van der Waals surface area contributed by atoms with Crippen molar-refractivity contribution in [3.63, 3.8) is 0 Å². The summed E-state index contributed by atoms with van der Waals surface area (Å²) in [5.41, 5.74) is 0.500. The summed E-state index contributed by atoms with van der Waals surface area (Å²) >= 11 is 0. The van der Waals surface area contributed by atoms with Crippen molar-refractivity contribution in [1.82, 2.24) is 15.6 Å². The fourth-order valence-electron chi connectivity index (χ4n) is 2.51. The van der Waals surface area contributed by atoms with Crippen LogP contribution >= 0.6 is 0 Å². The minimum absolute atomic E-state index is 0.0304. The molecule has 0 radical (unpaired) electrons. The third-order valence-corrected chi connectivity index (χ3v) is 3.62. The highest BCUT2D eigenvalue weighted by Crippen LogP contribution is 2.23. The fourth-order valence-corrected chi connectivity index (χ4v) is 2.51. The Morgan fingerprint density at radius 2 is 2.15 bits per heavy atom. The first-order valence-corrected chi connectivity index (χ1v) is 6.55. The average molecular weight is 279 g/mol. The van der Waals surface area contributed by atoms with E-state index in [9.17, 15) is 13.6 Å². The van der Waals surface area contributed by atoms with Gasteiger partial charge in [-0.05, 0) is 37.6 Å². The number of carbonyl (C=O) groups is 1. The van der Waals surface area contributed by atoms with Crippen molar-refractivity contribution in [2.24, 2.45) is 0 Å². The first kappa shape index (κ1) is 13.1. The number of hydrogen-bond donors (Lipinski definition) is 3. The van der Waals surface area contributed by atoms with E-state index in [4.69, 9.17) is 0 Å². The van der Waals surface area contributed by atoms with Gasteiger partial charge < -0.3 is 15.6 Å². The van der Waals surface area contributed by atoms with Crippen LogP contribution in [-0.2, 0) is 0 Å². The highest BCUT2D eigenvalue weighted by molar-refractivity contribution is 5.98. The first-order valence-electron chi connectivity index (χ1n) is 6.55. The van der Waals surface area contributed by atoms with E-state index >= 15 is 0 Å². The molecule has 1 fully saturated rings. The highest BCUT2D eigenvalue weighted by atomic mass is 19.2. The predicted molar refractivity (Wildman–Crippen MR) is 71.7 cm³/mol. The fraction of sp³-hybridized carbons (Fsp3) is 0.357. The van der Waals surface area contributed by atoms with Crippen LogP contribution in [0.1, 0.15) is 22.5 Å². The number of hydrogen-bond acceptors (Lipinski definition) is 2. The van der Waals surface area contributed by atoms with Gasteiger partial charge in [-0.15, -0.1) is 0 Å². The van der Waals surface area contributed by atoms with Crippen molar-refractivity contribution in [3.8, 4) is 0 Å².